The van der Waals surface area contributed by atoms with Crippen LogP contribution in [0.3, 0.4) is 0 Å². The van der Waals surface area contributed by atoms with Gasteiger partial charge in [-0.15, -0.1) is 0 Å². The fourth-order valence-electron chi connectivity index (χ4n) is 2.94. The number of furan rings is 1. The van der Waals surface area contributed by atoms with Crippen LogP contribution in [0.1, 0.15) is 11.7 Å². The standard InChI is InChI=1S/C16H7F3O3/c17-6-1-2-8-10(4-6)20-14-12(8)15-16(22-15)21-11-5-7(18)3-9(19)13(11)14/h1-5,15-16H. The second kappa shape index (κ2) is 3.84. The van der Waals surface area contributed by atoms with Gasteiger partial charge in [-0.3, -0.25) is 0 Å². The van der Waals surface area contributed by atoms with E-state index in [4.69, 9.17) is 13.9 Å². The molecule has 2 aliphatic heterocycles. The zero-order valence-electron chi connectivity index (χ0n) is 10.9. The Bertz CT molecular complexity index is 947. The van der Waals surface area contributed by atoms with Crippen LogP contribution in [0.15, 0.2) is 34.7 Å². The Labute approximate surface area is 121 Å². The third-order valence-corrected chi connectivity index (χ3v) is 3.92. The van der Waals surface area contributed by atoms with Gasteiger partial charge in [0.25, 0.3) is 0 Å². The van der Waals surface area contributed by atoms with E-state index in [0.717, 1.165) is 12.1 Å². The van der Waals surface area contributed by atoms with E-state index in [0.29, 0.717) is 10.9 Å². The average molecular weight is 304 g/mol. The highest BCUT2D eigenvalue weighted by Gasteiger charge is 2.50. The Balaban J connectivity index is 1.90. The molecule has 2 unspecified atom stereocenters. The van der Waals surface area contributed by atoms with Crippen molar-refractivity contribution in [1.82, 2.24) is 0 Å². The number of hydrogen-bond donors (Lipinski definition) is 0. The lowest BCUT2D eigenvalue weighted by atomic mass is 10.0. The van der Waals surface area contributed by atoms with E-state index in [2.05, 4.69) is 0 Å². The van der Waals surface area contributed by atoms with Gasteiger partial charge >= 0.3 is 0 Å². The number of hydrogen-bond acceptors (Lipinski definition) is 3. The van der Waals surface area contributed by atoms with Gasteiger partial charge < -0.3 is 13.9 Å². The fourth-order valence-corrected chi connectivity index (χ4v) is 2.94. The first kappa shape index (κ1) is 12.1. The molecule has 22 heavy (non-hydrogen) atoms. The minimum absolute atomic E-state index is 0.0169. The maximum Gasteiger partial charge on any atom is 0.231 e. The van der Waals surface area contributed by atoms with Crippen molar-refractivity contribution in [3.05, 3.63) is 53.3 Å². The van der Waals surface area contributed by atoms with Crippen LogP contribution in [0, 0.1) is 17.5 Å². The van der Waals surface area contributed by atoms with Crippen LogP contribution in [0.2, 0.25) is 0 Å². The van der Waals surface area contributed by atoms with Gasteiger partial charge in [-0.1, -0.05) is 0 Å². The van der Waals surface area contributed by atoms with Gasteiger partial charge in [0.15, 0.2) is 6.10 Å². The highest BCUT2D eigenvalue weighted by Crippen LogP contribution is 2.54. The molecule has 3 heterocycles. The molecule has 3 aromatic rings. The first-order valence-corrected chi connectivity index (χ1v) is 6.65. The van der Waals surface area contributed by atoms with Gasteiger partial charge in [0, 0.05) is 29.1 Å². The van der Waals surface area contributed by atoms with Gasteiger partial charge in [-0.2, -0.15) is 0 Å². The van der Waals surface area contributed by atoms with E-state index in [1.54, 1.807) is 6.07 Å². The molecule has 0 N–H and O–H groups in total. The number of epoxide rings is 1. The summed E-state index contributed by atoms with van der Waals surface area (Å²) in [5.41, 5.74) is 0.920. The van der Waals surface area contributed by atoms with E-state index < -0.39 is 29.8 Å². The highest BCUT2D eigenvalue weighted by molar-refractivity contribution is 5.90. The van der Waals surface area contributed by atoms with Crippen LogP contribution in [-0.4, -0.2) is 6.29 Å². The van der Waals surface area contributed by atoms with Crippen LogP contribution in [0.5, 0.6) is 5.75 Å². The zero-order chi connectivity index (χ0) is 15.0. The van der Waals surface area contributed by atoms with Crippen molar-refractivity contribution in [3.63, 3.8) is 0 Å². The van der Waals surface area contributed by atoms with Crippen molar-refractivity contribution in [2.24, 2.45) is 0 Å². The Morgan fingerprint density at radius 2 is 1.82 bits per heavy atom. The van der Waals surface area contributed by atoms with E-state index >= 15 is 0 Å². The van der Waals surface area contributed by atoms with Crippen LogP contribution < -0.4 is 4.74 Å². The third kappa shape index (κ3) is 1.50. The molecule has 2 aliphatic rings. The Kier molecular flexibility index (Phi) is 2.11. The van der Waals surface area contributed by atoms with Crippen LogP contribution >= 0.6 is 0 Å². The first-order chi connectivity index (χ1) is 10.6. The second-order valence-corrected chi connectivity index (χ2v) is 5.29. The number of benzene rings is 2. The maximum absolute atomic E-state index is 14.2. The summed E-state index contributed by atoms with van der Waals surface area (Å²) in [4.78, 5) is 0. The van der Waals surface area contributed by atoms with Gasteiger partial charge in [0.2, 0.25) is 6.29 Å². The molecule has 2 aromatic carbocycles. The van der Waals surface area contributed by atoms with E-state index in [9.17, 15) is 13.2 Å². The summed E-state index contributed by atoms with van der Waals surface area (Å²) >= 11 is 0. The minimum atomic E-state index is -0.794. The van der Waals surface area contributed by atoms with E-state index in [1.165, 1.54) is 12.1 Å². The molecule has 0 bridgehead atoms. The molecule has 1 fully saturated rings. The summed E-state index contributed by atoms with van der Waals surface area (Å²) in [5.74, 6) is -1.79. The molecule has 110 valence electrons. The quantitative estimate of drug-likeness (QED) is 0.581. The molecule has 1 saturated heterocycles. The zero-order valence-corrected chi connectivity index (χ0v) is 10.9. The molecular formula is C16H7F3O3. The predicted octanol–water partition coefficient (Wildman–Crippen LogP) is 4.31. The van der Waals surface area contributed by atoms with Crippen molar-refractivity contribution in [2.75, 3.05) is 0 Å². The highest BCUT2D eigenvalue weighted by atomic mass is 19.1. The molecule has 3 nitrogen and oxygen atoms in total. The lowest BCUT2D eigenvalue weighted by Gasteiger charge is -2.08. The Morgan fingerprint density at radius 3 is 2.68 bits per heavy atom. The monoisotopic (exact) mass is 304 g/mol. The normalized spacial score (nSPS) is 21.6. The Morgan fingerprint density at radius 1 is 0.955 bits per heavy atom. The van der Waals surface area contributed by atoms with Gasteiger partial charge in [0.1, 0.15) is 34.5 Å². The van der Waals surface area contributed by atoms with Crippen LogP contribution in [-0.2, 0) is 4.74 Å². The van der Waals surface area contributed by atoms with Crippen molar-refractivity contribution in [2.45, 2.75) is 12.4 Å². The summed E-state index contributed by atoms with van der Waals surface area (Å²) in [5, 5.41) is 0.629. The van der Waals surface area contributed by atoms with Gasteiger partial charge in [0.05, 0.1) is 5.56 Å². The number of fused-ring (bicyclic) bond motifs is 7. The summed E-state index contributed by atoms with van der Waals surface area (Å²) in [7, 11) is 0. The van der Waals surface area contributed by atoms with Gasteiger partial charge in [-0.25, -0.2) is 13.2 Å². The number of rotatable bonds is 0. The molecule has 2 atom stereocenters. The topological polar surface area (TPSA) is 34.9 Å². The van der Waals surface area contributed by atoms with Crippen molar-refractivity contribution < 1.29 is 27.1 Å². The summed E-state index contributed by atoms with van der Waals surface area (Å²) in [6, 6.07) is 5.92. The minimum Gasteiger partial charge on any atom is -0.461 e. The average Bonchev–Trinajstić information content (AvgIpc) is 3.11. The molecule has 0 amide bonds. The SMILES string of the molecule is Fc1cc(F)c2c(c1)OC1OC1c1c-2oc2cc(F)ccc12. The summed E-state index contributed by atoms with van der Waals surface area (Å²) in [6.45, 7) is 0. The van der Waals surface area contributed by atoms with Crippen molar-refractivity contribution >= 4 is 11.0 Å². The van der Waals surface area contributed by atoms with E-state index in [1.807, 2.05) is 0 Å². The molecule has 1 aromatic heterocycles. The maximum atomic E-state index is 14.2. The molecule has 0 saturated carbocycles. The first-order valence-electron chi connectivity index (χ1n) is 6.65. The Hall–Kier alpha value is -2.47. The fraction of sp³-hybridized carbons (Fsp3) is 0.125. The molecule has 0 aliphatic carbocycles. The molecule has 0 spiro atoms. The summed E-state index contributed by atoms with van der Waals surface area (Å²) < 4.78 is 57.5. The number of ether oxygens (including phenoxy) is 2. The second-order valence-electron chi connectivity index (χ2n) is 5.29. The van der Waals surface area contributed by atoms with Gasteiger partial charge in [-0.05, 0) is 12.1 Å². The lowest BCUT2D eigenvalue weighted by molar-refractivity contribution is 0.177. The lowest BCUT2D eigenvalue weighted by Crippen LogP contribution is -2.00. The van der Waals surface area contributed by atoms with Crippen molar-refractivity contribution in [3.8, 4) is 17.1 Å². The van der Waals surface area contributed by atoms with Crippen LogP contribution in [0.25, 0.3) is 22.3 Å². The smallest absolute Gasteiger partial charge is 0.231 e. The largest absolute Gasteiger partial charge is 0.461 e. The molecule has 5 rings (SSSR count). The number of halogens is 3. The third-order valence-electron chi connectivity index (χ3n) is 3.92. The summed E-state index contributed by atoms with van der Waals surface area (Å²) in [6.07, 6.45) is -1.05. The molecule has 6 heteroatoms. The van der Waals surface area contributed by atoms with E-state index in [-0.39, 0.29) is 22.7 Å². The van der Waals surface area contributed by atoms with Crippen molar-refractivity contribution in [1.29, 1.82) is 0 Å². The molecular weight excluding hydrogens is 297 g/mol. The predicted molar refractivity (Wildman–Crippen MR) is 69.8 cm³/mol. The van der Waals surface area contributed by atoms with Crippen LogP contribution in [0.4, 0.5) is 13.2 Å². The molecule has 0 radical (unpaired) electrons.